The van der Waals surface area contributed by atoms with Gasteiger partial charge in [-0.25, -0.2) is 13.1 Å². The molecule has 22 rings (SSSR count). The number of likely N-dealkylation sites (N-methyl/N-ethyl adjacent to an activating group) is 2. The summed E-state index contributed by atoms with van der Waals surface area (Å²) < 4.78 is 51.2. The largest absolute Gasteiger partial charge is 0.393 e. The van der Waals surface area contributed by atoms with Gasteiger partial charge in [-0.3, -0.25) is 14.7 Å². The molecule has 117 heavy (non-hydrogen) atoms. The van der Waals surface area contributed by atoms with Crippen LogP contribution in [0.1, 0.15) is 262 Å². The molecule has 6 unspecified atom stereocenters. The Balaban J connectivity index is 0.000000114. The lowest BCUT2D eigenvalue weighted by atomic mass is 9.56. The van der Waals surface area contributed by atoms with Crippen LogP contribution in [0.2, 0.25) is 0 Å². The van der Waals surface area contributed by atoms with Crippen molar-refractivity contribution in [1.82, 2.24) is 29.2 Å². The Bertz CT molecular complexity index is 4160. The highest BCUT2D eigenvalue weighted by molar-refractivity contribution is 7.89. The van der Waals surface area contributed by atoms with Crippen LogP contribution in [0.25, 0.3) is 0 Å². The molecule has 15 heteroatoms. The van der Waals surface area contributed by atoms with Crippen LogP contribution < -0.4 is 4.72 Å². The van der Waals surface area contributed by atoms with Crippen LogP contribution in [0.5, 0.6) is 0 Å². The van der Waals surface area contributed by atoms with Gasteiger partial charge in [0, 0.05) is 111 Å². The van der Waals surface area contributed by atoms with Crippen LogP contribution in [0.4, 0.5) is 0 Å². The summed E-state index contributed by atoms with van der Waals surface area (Å²) in [6.07, 6.45) is 41.7. The molecule has 15 aliphatic carbocycles. The molecule has 0 radical (unpaired) electrons. The Labute approximate surface area is 708 Å². The molecule has 0 bridgehead atoms. The first-order valence-electron chi connectivity index (χ1n) is 49.2. The lowest BCUT2D eigenvalue weighted by Gasteiger charge is -2.50. The molecule has 6 heterocycles. The third kappa shape index (κ3) is 12.1. The average molecular weight is 1630 g/mol. The van der Waals surface area contributed by atoms with E-state index in [4.69, 9.17) is 14.2 Å². The maximum atomic E-state index is 12.9. The quantitative estimate of drug-likeness (QED) is 0.139. The van der Waals surface area contributed by atoms with Crippen LogP contribution in [-0.4, -0.2) is 213 Å². The van der Waals surface area contributed by atoms with Crippen LogP contribution in [0.15, 0.2) is 65.3 Å². The Morgan fingerprint density at radius 1 is 0.479 bits per heavy atom. The van der Waals surface area contributed by atoms with E-state index in [9.17, 15) is 23.7 Å². The zero-order valence-electron chi connectivity index (χ0n) is 75.9. The van der Waals surface area contributed by atoms with Gasteiger partial charge in [-0.2, -0.15) is 0 Å². The summed E-state index contributed by atoms with van der Waals surface area (Å²) >= 11 is 0. The van der Waals surface area contributed by atoms with Gasteiger partial charge in [0.15, 0.2) is 0 Å². The molecule has 6 aliphatic heterocycles. The first-order chi connectivity index (χ1) is 55.5. The number of hydrogen-bond donors (Lipinski definition) is 4. The van der Waals surface area contributed by atoms with Crippen molar-refractivity contribution < 1.29 is 37.9 Å². The molecule has 21 aliphatic rings. The molecule has 1 aromatic rings. The number of piperidine rings is 3. The molecule has 6 saturated heterocycles. The summed E-state index contributed by atoms with van der Waals surface area (Å²) in [7, 11) is 5.52. The highest BCUT2D eigenvalue weighted by atomic mass is 32.2. The van der Waals surface area contributed by atoms with Crippen molar-refractivity contribution >= 4 is 10.0 Å². The number of rotatable bonds is 13. The Hall–Kier alpha value is -2.09. The molecule has 0 aromatic heterocycles. The zero-order valence-corrected chi connectivity index (χ0v) is 76.7. The summed E-state index contributed by atoms with van der Waals surface area (Å²) in [6.45, 7) is 39.9. The van der Waals surface area contributed by atoms with Crippen LogP contribution >= 0.6 is 0 Å². The van der Waals surface area contributed by atoms with Gasteiger partial charge in [0.05, 0.1) is 59.2 Å². The van der Waals surface area contributed by atoms with Gasteiger partial charge in [-0.1, -0.05) is 148 Å². The smallest absolute Gasteiger partial charge is 0.211 e. The minimum atomic E-state index is -3.33. The number of aliphatic hydroxyl groups excluding tert-OH is 3. The standard InChI is InChI=1S/C38H56N2O4S.2C32H52N2O2/c1-25-20-33-34(40(23-25)18-17-39-45(42,43)19-14-27-8-6-5-7-9-27)26(2)38(44-33)16-13-31-30-11-10-28-21-29(41)12-15-35(28,3)32(30)22-37(31)24-36(37,38)4;2*1-20-15-27-28(34(18-20)14-13-33(5)6)21(2)32(36-27)12-10-25-24-8-7-22-16-23(35)9-11-29(22,3)26(24)17-31(25)19-30(31,32)4/h5-10,25-26,29-34,39,41H,11-24H2,1-4H3;16,20-21,23-28,35H,7-15,17-19H2,1-6H3;7,20-21,23-28,35H,8-19H2,1-6H3/t25-,26+,29-,30-,31-,32-,33+,34-,35-,36?,37?,38+;2*20-,21+,23-,24-,25-,26-,27+,28-,29-,30?,31?,32+/m000/s1. The topological polar surface area (TPSA) is 151 Å². The van der Waals surface area contributed by atoms with Gasteiger partial charge in [0.2, 0.25) is 10.0 Å². The Morgan fingerprint density at radius 3 is 1.30 bits per heavy atom. The maximum Gasteiger partial charge on any atom is 0.211 e. The number of allylic oxidation sites excluding steroid dienone is 3. The highest BCUT2D eigenvalue weighted by Gasteiger charge is 2.88. The van der Waals surface area contributed by atoms with E-state index in [-0.39, 0.29) is 57.8 Å². The molecule has 1 aromatic carbocycles. The molecule has 0 amide bonds. The number of nitrogens with zero attached hydrogens (tertiary/aromatic N) is 5. The predicted octanol–water partition coefficient (Wildman–Crippen LogP) is 16.7. The van der Waals surface area contributed by atoms with Crippen LogP contribution in [-0.2, 0) is 30.7 Å². The SMILES string of the molecule is C[C@H]1C[C@H]2O[C@]3(CC[C@H]4[C@@H]5CC=C6C[C@@H](O)CC[C@]6(C)[C@H]5CC45CC53C)[C@H](C)[C@@H]2N(CCN(C)C)C1.C[C@H]1C[C@H]2O[C@]3(CC[C@H]4[C@@H]5CC=C6C[C@@H](O)CC[C@]6(C)[C@H]5CC45CC53C)[C@H](C)[C@@H]2N(CCNS(=O)(=O)CCc2ccccc2)C1.C[C@H]1C[C@H]2O[C@]3(CC[C@H]4[C@@H]5CCC6=C[C@@H](O)CC[C@]6(C)[C@H]5CC45CC53C)[C@H](C)[C@@H]2N(CCN(C)C)C1. The number of sulfonamides is 1. The minimum absolute atomic E-state index is 0.0761. The van der Waals surface area contributed by atoms with E-state index >= 15 is 0 Å². The normalized spacial score (nSPS) is 54.1. The van der Waals surface area contributed by atoms with Crippen molar-refractivity contribution in [2.24, 2.45) is 138 Å². The Morgan fingerprint density at radius 2 is 0.872 bits per heavy atom. The van der Waals surface area contributed by atoms with Crippen molar-refractivity contribution in [3.63, 3.8) is 0 Å². The lowest BCUT2D eigenvalue weighted by molar-refractivity contribution is -0.148. The third-order valence-electron chi connectivity index (χ3n) is 42.8. The van der Waals surface area contributed by atoms with E-state index in [1.807, 2.05) is 30.3 Å². The average Bonchev–Trinajstić information content (AvgIpc) is 1.47. The van der Waals surface area contributed by atoms with Gasteiger partial charge in [-0.15, -0.1) is 0 Å². The van der Waals surface area contributed by atoms with Gasteiger partial charge in [0.25, 0.3) is 0 Å². The fraction of sp³-hybridized carbons (Fsp3) is 0.882. The van der Waals surface area contributed by atoms with E-state index in [1.54, 1.807) is 16.7 Å². The second kappa shape index (κ2) is 28.7. The second-order valence-electron chi connectivity index (χ2n) is 48.2. The molecule has 12 saturated carbocycles. The fourth-order valence-electron chi connectivity index (χ4n) is 37.2. The van der Waals surface area contributed by atoms with Gasteiger partial charge in [-0.05, 0) is 317 Å². The number of aryl methyl sites for hydroxylation is 1. The second-order valence-corrected chi connectivity index (χ2v) is 50.1. The molecule has 652 valence electrons. The molecule has 14 nitrogen and oxygen atoms in total. The van der Waals surface area contributed by atoms with Crippen molar-refractivity contribution in [3.8, 4) is 0 Å². The summed E-state index contributed by atoms with van der Waals surface area (Å²) in [5.41, 5.74) is 9.17. The molecule has 36 atom stereocenters. The van der Waals surface area contributed by atoms with Gasteiger partial charge < -0.3 is 39.3 Å². The summed E-state index contributed by atoms with van der Waals surface area (Å²) in [4.78, 5) is 13.0. The summed E-state index contributed by atoms with van der Waals surface area (Å²) in [5, 5.41) is 31.3. The van der Waals surface area contributed by atoms with Crippen molar-refractivity contribution in [2.75, 3.05) is 92.8 Å². The first kappa shape index (κ1) is 83.1. The van der Waals surface area contributed by atoms with E-state index in [1.165, 1.54) is 155 Å². The molecular formula is C102H160N6O8S. The van der Waals surface area contributed by atoms with E-state index < -0.39 is 10.0 Å². The zero-order chi connectivity index (χ0) is 81.9. The maximum absolute atomic E-state index is 12.9. The predicted molar refractivity (Wildman–Crippen MR) is 467 cm³/mol. The number of nitrogens with one attached hydrogen (secondary N) is 1. The molecule has 6 spiro atoms. The molecule has 4 N–H and O–H groups in total. The van der Waals surface area contributed by atoms with Gasteiger partial charge in [0.1, 0.15) is 0 Å². The van der Waals surface area contributed by atoms with Crippen molar-refractivity contribution in [1.29, 1.82) is 0 Å². The number of ether oxygens (including phenoxy) is 3. The molecule has 18 fully saturated rings. The van der Waals surface area contributed by atoms with Crippen molar-refractivity contribution in [2.45, 2.75) is 334 Å². The van der Waals surface area contributed by atoms with Crippen LogP contribution in [0, 0.1) is 138 Å². The highest BCUT2D eigenvalue weighted by Crippen LogP contribution is 2.91. The van der Waals surface area contributed by atoms with E-state index in [0.717, 1.165) is 142 Å². The third-order valence-corrected chi connectivity index (χ3v) is 44.2. The monoisotopic (exact) mass is 1630 g/mol. The van der Waals surface area contributed by atoms with E-state index in [2.05, 4.69) is 159 Å². The number of aliphatic hydroxyl groups is 3. The van der Waals surface area contributed by atoms with Crippen molar-refractivity contribution in [3.05, 3.63) is 70.8 Å². The number of benzene rings is 1. The van der Waals surface area contributed by atoms with E-state index in [0.29, 0.717) is 105 Å². The molecular weight excluding hydrogens is 1470 g/mol. The number of likely N-dealkylation sites (tertiary alicyclic amines) is 3. The first-order valence-corrected chi connectivity index (χ1v) is 50.9. The summed E-state index contributed by atoms with van der Waals surface area (Å²) in [5.74, 6) is 11.4. The fourth-order valence-corrected chi connectivity index (χ4v) is 38.2. The Kier molecular flexibility index (Phi) is 20.4. The van der Waals surface area contributed by atoms with Gasteiger partial charge >= 0.3 is 0 Å². The number of hydrogen-bond acceptors (Lipinski definition) is 13. The summed E-state index contributed by atoms with van der Waals surface area (Å²) in [6, 6.07) is 11.4. The minimum Gasteiger partial charge on any atom is -0.393 e. The lowest BCUT2D eigenvalue weighted by Crippen LogP contribution is -2.55. The number of fused-ring (bicyclic) bond motifs is 18. The van der Waals surface area contributed by atoms with Crippen LogP contribution in [0.3, 0.4) is 0 Å².